The average Bonchev–Trinajstić information content (AvgIpc) is 2.39. The van der Waals surface area contributed by atoms with Crippen LogP contribution < -0.4 is 10.6 Å². The lowest BCUT2D eigenvalue weighted by molar-refractivity contribution is -0.126. The first-order valence-electron chi connectivity index (χ1n) is 6.14. The number of carbonyl (C=O) groups is 1. The summed E-state index contributed by atoms with van der Waals surface area (Å²) in [5.41, 5.74) is 0. The lowest BCUT2D eigenvalue weighted by atomic mass is 9.92. The molecule has 0 spiro atoms. The SMILES string of the molecule is CC(=O)N[C@H]1[C@H]([C@H](O)[C@H](O)CO)OC(C)=C[C@@H]1NC#N. The summed E-state index contributed by atoms with van der Waals surface area (Å²) in [5.74, 6) is 0.0699. The van der Waals surface area contributed by atoms with Crippen LogP contribution in [-0.4, -0.2) is 58.2 Å². The number of nitriles is 1. The van der Waals surface area contributed by atoms with Crippen molar-refractivity contribution in [2.24, 2.45) is 0 Å². The molecular weight excluding hydrogens is 266 g/mol. The van der Waals surface area contributed by atoms with E-state index in [1.54, 1.807) is 19.2 Å². The molecule has 0 saturated heterocycles. The predicted molar refractivity (Wildman–Crippen MR) is 67.9 cm³/mol. The molecule has 0 saturated carbocycles. The highest BCUT2D eigenvalue weighted by atomic mass is 16.5. The third-order valence-corrected chi connectivity index (χ3v) is 3.00. The van der Waals surface area contributed by atoms with Gasteiger partial charge >= 0.3 is 0 Å². The largest absolute Gasteiger partial charge is 0.490 e. The van der Waals surface area contributed by atoms with Crippen LogP contribution in [-0.2, 0) is 9.53 Å². The highest BCUT2D eigenvalue weighted by Crippen LogP contribution is 2.22. The van der Waals surface area contributed by atoms with Crippen molar-refractivity contribution in [3.8, 4) is 6.19 Å². The summed E-state index contributed by atoms with van der Waals surface area (Å²) < 4.78 is 5.44. The fourth-order valence-corrected chi connectivity index (χ4v) is 2.11. The van der Waals surface area contributed by atoms with Gasteiger partial charge in [0.25, 0.3) is 0 Å². The minimum absolute atomic E-state index is 0.369. The monoisotopic (exact) mass is 285 g/mol. The van der Waals surface area contributed by atoms with Gasteiger partial charge in [-0.1, -0.05) is 0 Å². The molecule has 0 aromatic heterocycles. The van der Waals surface area contributed by atoms with Gasteiger partial charge in [-0.2, -0.15) is 5.26 Å². The van der Waals surface area contributed by atoms with Gasteiger partial charge in [-0.25, -0.2) is 0 Å². The highest BCUT2D eigenvalue weighted by molar-refractivity contribution is 5.73. The molecule has 1 rings (SSSR count). The van der Waals surface area contributed by atoms with E-state index in [2.05, 4.69) is 10.6 Å². The molecule has 8 nitrogen and oxygen atoms in total. The number of rotatable bonds is 5. The third-order valence-electron chi connectivity index (χ3n) is 3.00. The molecule has 0 aromatic carbocycles. The first-order chi connectivity index (χ1) is 9.40. The molecular formula is C12H19N3O5. The number of nitrogens with one attached hydrogen (secondary N) is 2. The van der Waals surface area contributed by atoms with Crippen LogP contribution in [0.15, 0.2) is 11.8 Å². The average molecular weight is 285 g/mol. The molecule has 8 heteroatoms. The van der Waals surface area contributed by atoms with Gasteiger partial charge in [0.05, 0.1) is 24.4 Å². The van der Waals surface area contributed by atoms with Crippen molar-refractivity contribution in [2.75, 3.05) is 6.61 Å². The van der Waals surface area contributed by atoms with Crippen molar-refractivity contribution in [3.05, 3.63) is 11.8 Å². The molecule has 0 bridgehead atoms. The molecule has 1 aliphatic heterocycles. The van der Waals surface area contributed by atoms with Crippen molar-refractivity contribution < 1.29 is 24.9 Å². The molecule has 20 heavy (non-hydrogen) atoms. The van der Waals surface area contributed by atoms with E-state index >= 15 is 0 Å². The van der Waals surface area contributed by atoms with Crippen molar-refractivity contribution in [2.45, 2.75) is 44.2 Å². The zero-order chi connectivity index (χ0) is 15.3. The topological polar surface area (TPSA) is 135 Å². The molecule has 0 aliphatic carbocycles. The maximum atomic E-state index is 11.3. The lowest BCUT2D eigenvalue weighted by Crippen LogP contribution is -2.62. The van der Waals surface area contributed by atoms with Crippen LogP contribution in [0.2, 0.25) is 0 Å². The van der Waals surface area contributed by atoms with Crippen molar-refractivity contribution >= 4 is 5.91 Å². The van der Waals surface area contributed by atoms with E-state index in [9.17, 15) is 15.0 Å². The van der Waals surface area contributed by atoms with Crippen LogP contribution in [0.5, 0.6) is 0 Å². The molecule has 0 fully saturated rings. The van der Waals surface area contributed by atoms with Gasteiger partial charge in [-0.15, -0.1) is 0 Å². The van der Waals surface area contributed by atoms with Crippen molar-refractivity contribution in [1.29, 1.82) is 5.26 Å². The normalized spacial score (nSPS) is 28.4. The third kappa shape index (κ3) is 3.84. The number of carbonyl (C=O) groups excluding carboxylic acids is 1. The number of hydrogen-bond acceptors (Lipinski definition) is 7. The zero-order valence-electron chi connectivity index (χ0n) is 11.3. The van der Waals surface area contributed by atoms with Gasteiger partial charge in [0.1, 0.15) is 18.3 Å². The Balaban J connectivity index is 3.02. The smallest absolute Gasteiger partial charge is 0.217 e. The Hall–Kier alpha value is -1.82. The molecule has 0 radical (unpaired) electrons. The van der Waals surface area contributed by atoms with Gasteiger partial charge in [0, 0.05) is 6.92 Å². The van der Waals surface area contributed by atoms with Gasteiger partial charge in [-0.05, 0) is 13.0 Å². The van der Waals surface area contributed by atoms with Crippen LogP contribution >= 0.6 is 0 Å². The summed E-state index contributed by atoms with van der Waals surface area (Å²) >= 11 is 0. The summed E-state index contributed by atoms with van der Waals surface area (Å²) in [6, 6.07) is -1.34. The van der Waals surface area contributed by atoms with Crippen molar-refractivity contribution in [1.82, 2.24) is 10.6 Å². The maximum absolute atomic E-state index is 11.3. The molecule has 1 heterocycles. The van der Waals surface area contributed by atoms with E-state index in [4.69, 9.17) is 15.1 Å². The Morgan fingerprint density at radius 1 is 1.60 bits per heavy atom. The number of aliphatic hydroxyl groups excluding tert-OH is 3. The molecule has 112 valence electrons. The summed E-state index contributed by atoms with van der Waals surface area (Å²) in [4.78, 5) is 11.3. The number of nitrogens with zero attached hydrogens (tertiary/aromatic N) is 1. The van der Waals surface area contributed by atoms with Gasteiger partial charge in [0.15, 0.2) is 6.19 Å². The molecule has 5 N–H and O–H groups in total. The Labute approximate surface area is 116 Å². The minimum atomic E-state index is -1.41. The zero-order valence-corrected chi connectivity index (χ0v) is 11.3. The van der Waals surface area contributed by atoms with Gasteiger partial charge in [-0.3, -0.25) is 4.79 Å². The van der Waals surface area contributed by atoms with E-state index < -0.39 is 37.0 Å². The van der Waals surface area contributed by atoms with E-state index in [1.807, 2.05) is 0 Å². The second-order valence-corrected chi connectivity index (χ2v) is 4.61. The number of ether oxygens (including phenoxy) is 1. The number of aliphatic hydroxyl groups is 3. The van der Waals surface area contributed by atoms with Crippen LogP contribution in [0.4, 0.5) is 0 Å². The molecule has 1 aliphatic rings. The second-order valence-electron chi connectivity index (χ2n) is 4.61. The fraction of sp³-hybridized carbons (Fsp3) is 0.667. The van der Waals surface area contributed by atoms with Crippen LogP contribution in [0.1, 0.15) is 13.8 Å². The summed E-state index contributed by atoms with van der Waals surface area (Å²) in [5, 5.41) is 42.2. The molecule has 0 unspecified atom stereocenters. The first-order valence-corrected chi connectivity index (χ1v) is 6.14. The Bertz CT molecular complexity index is 420. The predicted octanol–water partition coefficient (Wildman–Crippen LogP) is -2.05. The van der Waals surface area contributed by atoms with Crippen molar-refractivity contribution in [3.63, 3.8) is 0 Å². The lowest BCUT2D eigenvalue weighted by Gasteiger charge is -2.39. The quantitative estimate of drug-likeness (QED) is 0.290. The van der Waals surface area contributed by atoms with Crippen LogP contribution in [0, 0.1) is 11.5 Å². The van der Waals surface area contributed by atoms with E-state index in [-0.39, 0.29) is 5.91 Å². The van der Waals surface area contributed by atoms with E-state index in [0.717, 1.165) is 0 Å². The standard InChI is InChI=1S/C12H19N3O5/c1-6-3-8(14-5-13)10(15-7(2)17)12(20-6)11(19)9(18)4-16/h3,8-12,14,16,18-19H,4H2,1-2H3,(H,15,17)/t8-,9+,10+,11+,12+/m0/s1. The molecule has 0 aromatic rings. The van der Waals surface area contributed by atoms with Crippen LogP contribution in [0.3, 0.4) is 0 Å². The highest BCUT2D eigenvalue weighted by Gasteiger charge is 2.41. The molecule has 5 atom stereocenters. The first kappa shape index (κ1) is 16.2. The van der Waals surface area contributed by atoms with Crippen LogP contribution in [0.25, 0.3) is 0 Å². The maximum Gasteiger partial charge on any atom is 0.217 e. The van der Waals surface area contributed by atoms with E-state index in [1.165, 1.54) is 6.92 Å². The number of allylic oxidation sites excluding steroid dienone is 1. The number of amides is 1. The summed E-state index contributed by atoms with van der Waals surface area (Å²) in [6.45, 7) is 2.27. The summed E-state index contributed by atoms with van der Waals surface area (Å²) in [7, 11) is 0. The Morgan fingerprint density at radius 3 is 2.75 bits per heavy atom. The van der Waals surface area contributed by atoms with Gasteiger partial charge in [0.2, 0.25) is 5.91 Å². The minimum Gasteiger partial charge on any atom is -0.490 e. The second kappa shape index (κ2) is 7.09. The number of hydrogen-bond donors (Lipinski definition) is 5. The Kier molecular flexibility index (Phi) is 5.76. The molecule has 1 amide bonds. The summed E-state index contributed by atoms with van der Waals surface area (Å²) in [6.07, 6.45) is -0.450. The van der Waals surface area contributed by atoms with Gasteiger partial charge < -0.3 is 30.7 Å². The fourth-order valence-electron chi connectivity index (χ4n) is 2.11. The van der Waals surface area contributed by atoms with E-state index in [0.29, 0.717) is 5.76 Å². The Morgan fingerprint density at radius 2 is 2.25 bits per heavy atom.